The molecule has 3 nitrogen and oxygen atoms in total. The van der Waals surface area contributed by atoms with Crippen molar-refractivity contribution < 1.29 is 13.0 Å². The molecule has 0 saturated heterocycles. The van der Waals surface area contributed by atoms with E-state index in [0.717, 1.165) is 0 Å². The summed E-state index contributed by atoms with van der Waals surface area (Å²) in [6, 6.07) is 0. The zero-order valence-electron chi connectivity index (χ0n) is 4.33. The van der Waals surface area contributed by atoms with E-state index >= 15 is 0 Å². The van der Waals surface area contributed by atoms with Crippen molar-refractivity contribution in [2.45, 2.75) is 6.42 Å². The molecule has 8 heavy (non-hydrogen) atoms. The Morgan fingerprint density at radius 3 is 2.12 bits per heavy atom. The fourth-order valence-electron chi connectivity index (χ4n) is 0.228. The fourth-order valence-corrected chi connectivity index (χ4v) is 0.683. The van der Waals surface area contributed by atoms with E-state index in [4.69, 9.17) is 0 Å². The smallest absolute Gasteiger partial charge is 0.197 e. The van der Waals surface area contributed by atoms with Crippen LogP contribution in [0.5, 0.6) is 0 Å². The second kappa shape index (κ2) is 2.84. The maximum Gasteiger partial charge on any atom is 0.294 e. The van der Waals surface area contributed by atoms with E-state index in [9.17, 15) is 13.0 Å². The van der Waals surface area contributed by atoms with E-state index in [1.165, 1.54) is 6.08 Å². The van der Waals surface area contributed by atoms with Crippen LogP contribution in [0.15, 0.2) is 12.7 Å². The van der Waals surface area contributed by atoms with Crippen LogP contribution < -0.4 is 0 Å². The predicted octanol–water partition coefficient (Wildman–Crippen LogP) is 0.323. The molecule has 0 aliphatic carbocycles. The molecule has 0 saturated carbocycles. The van der Waals surface area contributed by atoms with Crippen LogP contribution in [0, 0.1) is 0 Å². The zero-order chi connectivity index (χ0) is 6.62. The van der Waals surface area contributed by atoms with Gasteiger partial charge in [-0.1, -0.05) is 10.6 Å². The average molecular weight is 135 g/mol. The van der Waals surface area contributed by atoms with E-state index in [1.54, 1.807) is 0 Å². The Balaban J connectivity index is 3.57. The lowest BCUT2D eigenvalue weighted by molar-refractivity contribution is 0.414. The van der Waals surface area contributed by atoms with Gasteiger partial charge in [0.2, 0.25) is 0 Å². The van der Waals surface area contributed by atoms with Gasteiger partial charge in [-0.3, -0.25) is 0 Å². The normalized spacial score (nSPS) is 11.1. The van der Waals surface area contributed by atoms with E-state index < -0.39 is 10.1 Å². The molecule has 0 rings (SSSR count). The highest BCUT2D eigenvalue weighted by Crippen LogP contribution is 1.87. The third kappa shape index (κ3) is 5.65. The standard InChI is InChI=1S/C4H7O3S/c1-2-3-4-8(5,6)7/h2H,1,3-4H2. The highest BCUT2D eigenvalue weighted by atomic mass is 32.2. The molecule has 1 radical (unpaired) electrons. The number of allylic oxidation sites excluding steroid dienone is 1. The van der Waals surface area contributed by atoms with Gasteiger partial charge >= 0.3 is 0 Å². The molecule has 0 aromatic heterocycles. The minimum Gasteiger partial charge on any atom is -0.197 e. The Labute approximate surface area is 48.8 Å². The van der Waals surface area contributed by atoms with Crippen molar-refractivity contribution in [1.82, 2.24) is 0 Å². The van der Waals surface area contributed by atoms with E-state index in [2.05, 4.69) is 6.58 Å². The van der Waals surface area contributed by atoms with Crippen LogP contribution in [0.4, 0.5) is 0 Å². The summed E-state index contributed by atoms with van der Waals surface area (Å²) in [5, 5.41) is 0. The first-order valence-corrected chi connectivity index (χ1v) is 3.68. The number of hydrogen-bond acceptors (Lipinski definition) is 2. The van der Waals surface area contributed by atoms with Gasteiger partial charge in [0.15, 0.2) is 0 Å². The predicted molar refractivity (Wildman–Crippen MR) is 29.3 cm³/mol. The summed E-state index contributed by atoms with van der Waals surface area (Å²) in [5.41, 5.74) is 0. The lowest BCUT2D eigenvalue weighted by Gasteiger charge is -1.84. The van der Waals surface area contributed by atoms with Crippen LogP contribution in [0.3, 0.4) is 0 Å². The fraction of sp³-hybridized carbons (Fsp3) is 0.500. The average Bonchev–Trinajstić information content (AvgIpc) is 1.59. The topological polar surface area (TPSA) is 54.0 Å². The highest BCUT2D eigenvalue weighted by Gasteiger charge is 2.02. The third-order valence-corrected chi connectivity index (χ3v) is 1.31. The summed E-state index contributed by atoms with van der Waals surface area (Å²) in [4.78, 5) is 0. The number of hydrogen-bond donors (Lipinski definition) is 0. The molecule has 0 atom stereocenters. The molecule has 0 bridgehead atoms. The molecule has 0 aliphatic rings. The molecule has 47 valence electrons. The van der Waals surface area contributed by atoms with Gasteiger partial charge < -0.3 is 0 Å². The maximum atomic E-state index is 9.79. The molecular formula is C4H7O3S. The summed E-state index contributed by atoms with van der Waals surface area (Å²) < 4.78 is 29.4. The molecule has 0 aromatic rings. The van der Waals surface area contributed by atoms with Gasteiger partial charge in [0.1, 0.15) is 0 Å². The first kappa shape index (κ1) is 7.65. The molecule has 0 aliphatic heterocycles. The molecular weight excluding hydrogens is 128 g/mol. The van der Waals surface area contributed by atoms with Crippen molar-refractivity contribution >= 4 is 10.1 Å². The van der Waals surface area contributed by atoms with Crippen LogP contribution in [-0.4, -0.2) is 14.2 Å². The summed E-state index contributed by atoms with van der Waals surface area (Å²) in [5.74, 6) is -0.337. The third-order valence-electron chi connectivity index (χ3n) is 0.572. The molecule has 0 N–H and O–H groups in total. The van der Waals surface area contributed by atoms with Crippen LogP contribution >= 0.6 is 0 Å². The van der Waals surface area contributed by atoms with Crippen molar-refractivity contribution in [3.05, 3.63) is 12.7 Å². The minimum absolute atomic E-state index is 0.242. The van der Waals surface area contributed by atoms with E-state index in [0.29, 0.717) is 0 Å². The molecule has 0 aromatic carbocycles. The molecule has 0 heterocycles. The quantitative estimate of drug-likeness (QED) is 0.523. The van der Waals surface area contributed by atoms with E-state index in [-0.39, 0.29) is 12.2 Å². The second-order valence-corrected chi connectivity index (χ2v) is 2.86. The van der Waals surface area contributed by atoms with Crippen LogP contribution in [0.25, 0.3) is 0 Å². The van der Waals surface area contributed by atoms with Crippen molar-refractivity contribution in [2.75, 3.05) is 5.75 Å². The Hall–Kier alpha value is -0.350. The van der Waals surface area contributed by atoms with Crippen molar-refractivity contribution in [3.8, 4) is 0 Å². The monoisotopic (exact) mass is 135 g/mol. The largest absolute Gasteiger partial charge is 0.294 e. The van der Waals surface area contributed by atoms with Gasteiger partial charge in [0.05, 0.1) is 5.75 Å². The Bertz CT molecular complexity index is 156. The van der Waals surface area contributed by atoms with E-state index in [1.807, 2.05) is 0 Å². The molecule has 0 unspecified atom stereocenters. The lowest BCUT2D eigenvalue weighted by Crippen LogP contribution is -1.99. The van der Waals surface area contributed by atoms with Crippen molar-refractivity contribution in [2.24, 2.45) is 0 Å². The maximum absolute atomic E-state index is 9.79. The van der Waals surface area contributed by atoms with Gasteiger partial charge in [0, 0.05) is 0 Å². The summed E-state index contributed by atoms with van der Waals surface area (Å²) >= 11 is 0. The van der Waals surface area contributed by atoms with Crippen molar-refractivity contribution in [1.29, 1.82) is 0 Å². The first-order chi connectivity index (χ1) is 3.56. The first-order valence-electron chi connectivity index (χ1n) is 2.11. The van der Waals surface area contributed by atoms with Gasteiger partial charge in [-0.15, -0.1) is 6.58 Å². The molecule has 0 fully saturated rings. The zero-order valence-corrected chi connectivity index (χ0v) is 5.15. The van der Waals surface area contributed by atoms with Gasteiger partial charge in [-0.25, -0.2) is 0 Å². The van der Waals surface area contributed by atoms with Crippen LogP contribution in [0.2, 0.25) is 0 Å². The Kier molecular flexibility index (Phi) is 2.71. The summed E-state index contributed by atoms with van der Waals surface area (Å²) in [6.07, 6.45) is 1.64. The van der Waals surface area contributed by atoms with Gasteiger partial charge in [-0.2, -0.15) is 8.42 Å². The number of rotatable bonds is 3. The SMILES string of the molecule is C=CCCS([O])(=O)=O. The highest BCUT2D eigenvalue weighted by molar-refractivity contribution is 7.85. The Morgan fingerprint density at radius 1 is 1.50 bits per heavy atom. The Morgan fingerprint density at radius 2 is 2.00 bits per heavy atom. The molecule has 0 spiro atoms. The van der Waals surface area contributed by atoms with Gasteiger partial charge in [0.25, 0.3) is 10.1 Å². The van der Waals surface area contributed by atoms with Crippen LogP contribution in [0.1, 0.15) is 6.42 Å². The van der Waals surface area contributed by atoms with Crippen molar-refractivity contribution in [3.63, 3.8) is 0 Å². The summed E-state index contributed by atoms with van der Waals surface area (Å²) in [7, 11) is -4.01. The van der Waals surface area contributed by atoms with Crippen LogP contribution in [-0.2, 0) is 14.7 Å². The summed E-state index contributed by atoms with van der Waals surface area (Å²) in [6.45, 7) is 3.26. The molecule has 4 heteroatoms. The van der Waals surface area contributed by atoms with Gasteiger partial charge in [-0.05, 0) is 6.42 Å². The minimum atomic E-state index is -4.01. The second-order valence-electron chi connectivity index (χ2n) is 1.34. The molecule has 0 amide bonds. The lowest BCUT2D eigenvalue weighted by atomic mass is 10.5.